The Hall–Kier alpha value is -1.76. The summed E-state index contributed by atoms with van der Waals surface area (Å²) < 4.78 is 4.48. The van der Waals surface area contributed by atoms with Crippen molar-refractivity contribution < 1.29 is 24.5 Å². The van der Waals surface area contributed by atoms with Gasteiger partial charge >= 0.3 is 11.9 Å². The molecule has 1 heterocycles. The molecule has 96 valence electrons. The number of nitrogens with one attached hydrogen (secondary N) is 1. The third kappa shape index (κ3) is 2.01. The van der Waals surface area contributed by atoms with Gasteiger partial charge in [-0.1, -0.05) is 12.1 Å². The number of likely N-dealkylation sites (N-methyl/N-ethyl adjacent to an activating group) is 1. The molecule has 2 unspecified atom stereocenters. The van der Waals surface area contributed by atoms with E-state index in [9.17, 15) is 19.8 Å². The number of carbonyl (C=O) groups excluding carboxylic acids is 2. The molecular formula is C12H13NO5. The Morgan fingerprint density at radius 3 is 2.67 bits per heavy atom. The summed E-state index contributed by atoms with van der Waals surface area (Å²) in [5, 5.41) is 22.4. The van der Waals surface area contributed by atoms with Gasteiger partial charge in [-0.3, -0.25) is 0 Å². The minimum atomic E-state index is -1.26. The maximum absolute atomic E-state index is 11.5. The van der Waals surface area contributed by atoms with Crippen molar-refractivity contribution in [2.75, 3.05) is 13.6 Å². The zero-order valence-electron chi connectivity index (χ0n) is 9.71. The van der Waals surface area contributed by atoms with Crippen LogP contribution in [0, 0.1) is 0 Å². The highest BCUT2D eigenvalue weighted by atomic mass is 16.6. The molecule has 0 spiro atoms. The highest BCUT2D eigenvalue weighted by Crippen LogP contribution is 2.29. The van der Waals surface area contributed by atoms with E-state index in [2.05, 4.69) is 10.1 Å². The van der Waals surface area contributed by atoms with Gasteiger partial charge in [0.15, 0.2) is 0 Å². The van der Waals surface area contributed by atoms with E-state index in [1.807, 2.05) is 0 Å². The summed E-state index contributed by atoms with van der Waals surface area (Å²) >= 11 is 0. The molecule has 1 aromatic carbocycles. The van der Waals surface area contributed by atoms with Gasteiger partial charge in [-0.15, -0.1) is 0 Å². The molecule has 1 aliphatic heterocycles. The number of rotatable bonds is 4. The summed E-state index contributed by atoms with van der Waals surface area (Å²) in [6, 6.07) is 4.47. The standard InChI is InChI=1S/C12H13NO5/c1-13-5-8(14)10(15)6-3-2-4-7-9(6)12(17)18-11(7)16/h2-4,8,10,13-15H,5H2,1H3. The lowest BCUT2D eigenvalue weighted by Gasteiger charge is -2.19. The van der Waals surface area contributed by atoms with Crippen LogP contribution >= 0.6 is 0 Å². The van der Waals surface area contributed by atoms with Gasteiger partial charge in [0.2, 0.25) is 0 Å². The third-order valence-corrected chi connectivity index (χ3v) is 2.80. The number of fused-ring (bicyclic) bond motifs is 1. The Morgan fingerprint density at radius 1 is 1.28 bits per heavy atom. The van der Waals surface area contributed by atoms with Gasteiger partial charge in [0, 0.05) is 6.54 Å². The summed E-state index contributed by atoms with van der Waals surface area (Å²) in [5.74, 6) is -1.52. The summed E-state index contributed by atoms with van der Waals surface area (Å²) in [5.41, 5.74) is 0.351. The Kier molecular flexibility index (Phi) is 3.42. The van der Waals surface area contributed by atoms with E-state index in [-0.39, 0.29) is 23.2 Å². The van der Waals surface area contributed by atoms with Gasteiger partial charge in [0.1, 0.15) is 6.10 Å². The molecule has 0 aliphatic carbocycles. The molecule has 0 radical (unpaired) electrons. The molecule has 3 N–H and O–H groups in total. The minimum absolute atomic E-state index is 0.0325. The van der Waals surface area contributed by atoms with Crippen molar-refractivity contribution in [1.82, 2.24) is 5.32 Å². The highest BCUT2D eigenvalue weighted by molar-refractivity contribution is 6.15. The fraction of sp³-hybridized carbons (Fsp3) is 0.333. The van der Waals surface area contributed by atoms with E-state index in [1.54, 1.807) is 7.05 Å². The van der Waals surface area contributed by atoms with Gasteiger partial charge < -0.3 is 20.3 Å². The van der Waals surface area contributed by atoms with Crippen LogP contribution in [-0.2, 0) is 4.74 Å². The quantitative estimate of drug-likeness (QED) is 0.498. The summed E-state index contributed by atoms with van der Waals surface area (Å²) in [7, 11) is 1.63. The number of benzene rings is 1. The van der Waals surface area contributed by atoms with Gasteiger partial charge in [0.05, 0.1) is 17.2 Å². The lowest BCUT2D eigenvalue weighted by atomic mass is 9.95. The predicted molar refractivity (Wildman–Crippen MR) is 61.1 cm³/mol. The molecule has 0 amide bonds. The molecule has 1 aromatic rings. The average Bonchev–Trinajstić information content (AvgIpc) is 2.65. The largest absolute Gasteiger partial charge is 0.389 e. The fourth-order valence-corrected chi connectivity index (χ4v) is 1.93. The Balaban J connectivity index is 2.41. The van der Waals surface area contributed by atoms with Crippen LogP contribution in [0.1, 0.15) is 32.4 Å². The first-order valence-electron chi connectivity index (χ1n) is 5.46. The number of hydrogen-bond donors (Lipinski definition) is 3. The van der Waals surface area contributed by atoms with E-state index < -0.39 is 24.1 Å². The van der Waals surface area contributed by atoms with E-state index >= 15 is 0 Å². The van der Waals surface area contributed by atoms with Crippen LogP contribution in [0.5, 0.6) is 0 Å². The molecule has 0 saturated carbocycles. The number of carbonyl (C=O) groups is 2. The number of aliphatic hydroxyl groups excluding tert-OH is 2. The summed E-state index contributed by atoms with van der Waals surface area (Å²) in [4.78, 5) is 22.9. The summed E-state index contributed by atoms with van der Waals surface area (Å²) in [6.45, 7) is 0.161. The molecular weight excluding hydrogens is 238 g/mol. The molecule has 0 fully saturated rings. The van der Waals surface area contributed by atoms with Crippen molar-refractivity contribution in [3.05, 3.63) is 34.9 Å². The highest BCUT2D eigenvalue weighted by Gasteiger charge is 2.35. The Morgan fingerprint density at radius 2 is 2.00 bits per heavy atom. The Labute approximate surface area is 103 Å². The number of esters is 2. The number of cyclic esters (lactones) is 2. The van der Waals surface area contributed by atoms with Gasteiger partial charge in [0.25, 0.3) is 0 Å². The first-order chi connectivity index (χ1) is 8.56. The predicted octanol–water partition coefficient (Wildman–Crippen LogP) is -0.389. The molecule has 0 aromatic heterocycles. The second kappa shape index (κ2) is 4.85. The third-order valence-electron chi connectivity index (χ3n) is 2.80. The molecule has 18 heavy (non-hydrogen) atoms. The molecule has 0 bridgehead atoms. The number of ether oxygens (including phenoxy) is 1. The molecule has 1 aliphatic rings. The second-order valence-corrected chi connectivity index (χ2v) is 4.02. The minimum Gasteiger partial charge on any atom is -0.389 e. The lowest BCUT2D eigenvalue weighted by Crippen LogP contribution is -2.30. The molecule has 2 atom stereocenters. The number of hydrogen-bond acceptors (Lipinski definition) is 6. The van der Waals surface area contributed by atoms with Crippen LogP contribution in [0.15, 0.2) is 18.2 Å². The average molecular weight is 251 g/mol. The first-order valence-corrected chi connectivity index (χ1v) is 5.46. The first kappa shape index (κ1) is 12.7. The smallest absolute Gasteiger partial charge is 0.347 e. The Bertz CT molecular complexity index is 499. The molecule has 6 heteroatoms. The van der Waals surface area contributed by atoms with E-state index in [0.717, 1.165) is 0 Å². The van der Waals surface area contributed by atoms with Crippen LogP contribution in [0.3, 0.4) is 0 Å². The topological polar surface area (TPSA) is 95.9 Å². The maximum atomic E-state index is 11.5. The van der Waals surface area contributed by atoms with Crippen molar-refractivity contribution in [2.45, 2.75) is 12.2 Å². The lowest BCUT2D eigenvalue weighted by molar-refractivity contribution is 0.0192. The fourth-order valence-electron chi connectivity index (χ4n) is 1.93. The SMILES string of the molecule is CNCC(O)C(O)c1cccc2c1C(=O)OC2=O. The zero-order valence-corrected chi connectivity index (χ0v) is 9.71. The maximum Gasteiger partial charge on any atom is 0.347 e. The molecule has 0 saturated heterocycles. The second-order valence-electron chi connectivity index (χ2n) is 4.02. The van der Waals surface area contributed by atoms with Crippen molar-refractivity contribution in [3.63, 3.8) is 0 Å². The molecule has 6 nitrogen and oxygen atoms in total. The number of aliphatic hydroxyl groups is 2. The normalized spacial score (nSPS) is 17.3. The van der Waals surface area contributed by atoms with Crippen LogP contribution < -0.4 is 5.32 Å². The molecule has 2 rings (SSSR count). The monoisotopic (exact) mass is 251 g/mol. The van der Waals surface area contributed by atoms with Crippen LogP contribution in [0.2, 0.25) is 0 Å². The van der Waals surface area contributed by atoms with E-state index in [4.69, 9.17) is 0 Å². The van der Waals surface area contributed by atoms with E-state index in [1.165, 1.54) is 18.2 Å². The van der Waals surface area contributed by atoms with Crippen LogP contribution in [-0.4, -0.2) is 41.8 Å². The van der Waals surface area contributed by atoms with Gasteiger partial charge in [-0.05, 0) is 18.7 Å². The van der Waals surface area contributed by atoms with Crippen LogP contribution in [0.4, 0.5) is 0 Å². The van der Waals surface area contributed by atoms with Gasteiger partial charge in [-0.25, -0.2) is 9.59 Å². The summed E-state index contributed by atoms with van der Waals surface area (Å²) in [6.07, 6.45) is -2.34. The van der Waals surface area contributed by atoms with E-state index in [0.29, 0.717) is 0 Å². The van der Waals surface area contributed by atoms with Gasteiger partial charge in [-0.2, -0.15) is 0 Å². The van der Waals surface area contributed by atoms with Crippen molar-refractivity contribution in [2.24, 2.45) is 0 Å². The van der Waals surface area contributed by atoms with Crippen LogP contribution in [0.25, 0.3) is 0 Å². The zero-order chi connectivity index (χ0) is 13.3. The van der Waals surface area contributed by atoms with Crippen molar-refractivity contribution in [1.29, 1.82) is 0 Å². The van der Waals surface area contributed by atoms with Crippen molar-refractivity contribution in [3.8, 4) is 0 Å². The van der Waals surface area contributed by atoms with Crippen molar-refractivity contribution >= 4 is 11.9 Å².